The van der Waals surface area contributed by atoms with Crippen molar-refractivity contribution in [1.82, 2.24) is 5.32 Å². The van der Waals surface area contributed by atoms with Gasteiger partial charge in [0.25, 0.3) is 0 Å². The number of carboxylic acid groups (broad SMARTS) is 1. The van der Waals surface area contributed by atoms with Gasteiger partial charge in [-0.25, -0.2) is 4.79 Å². The van der Waals surface area contributed by atoms with Crippen LogP contribution in [0.1, 0.15) is 37.8 Å². The number of hydrogen-bond donors (Lipinski definition) is 3. The first kappa shape index (κ1) is 17.1. The molecule has 1 aliphatic rings. The average Bonchev–Trinajstić information content (AvgIpc) is 2.53. The van der Waals surface area contributed by atoms with Crippen LogP contribution in [0.4, 0.5) is 4.79 Å². The van der Waals surface area contributed by atoms with E-state index in [1.165, 1.54) is 0 Å². The van der Waals surface area contributed by atoms with E-state index in [0.29, 0.717) is 12.8 Å². The van der Waals surface area contributed by atoms with Crippen molar-refractivity contribution < 1.29 is 19.7 Å². The van der Waals surface area contributed by atoms with Crippen molar-refractivity contribution in [3.05, 3.63) is 59.7 Å². The highest BCUT2D eigenvalue weighted by molar-refractivity contribution is 5.65. The van der Waals surface area contributed by atoms with Gasteiger partial charge in [-0.2, -0.15) is 0 Å². The van der Waals surface area contributed by atoms with Crippen LogP contribution in [0, 0.1) is 0 Å². The van der Waals surface area contributed by atoms with Crippen molar-refractivity contribution in [1.29, 1.82) is 0 Å². The number of nitrogens with one attached hydrogen (secondary N) is 1. The predicted octanol–water partition coefficient (Wildman–Crippen LogP) is 3.90. The number of amides is 1. The Labute approximate surface area is 147 Å². The lowest BCUT2D eigenvalue weighted by Crippen LogP contribution is -2.48. The van der Waals surface area contributed by atoms with Gasteiger partial charge in [0.1, 0.15) is 17.6 Å². The predicted molar refractivity (Wildman–Crippen MR) is 95.3 cm³/mol. The fraction of sp³-hybridized carbons (Fsp3) is 0.350. The summed E-state index contributed by atoms with van der Waals surface area (Å²) >= 11 is 0. The summed E-state index contributed by atoms with van der Waals surface area (Å²) in [5.74, 6) is 1.06. The van der Waals surface area contributed by atoms with Gasteiger partial charge in [0.05, 0.1) is 0 Å². The molecular formula is C20H23NO4. The molecule has 5 nitrogen and oxygen atoms in total. The van der Waals surface area contributed by atoms with Crippen LogP contribution in [0.2, 0.25) is 0 Å². The van der Waals surface area contributed by atoms with Crippen molar-refractivity contribution in [2.45, 2.75) is 44.2 Å². The molecule has 25 heavy (non-hydrogen) atoms. The maximum atomic E-state index is 10.6. The fourth-order valence-electron chi connectivity index (χ4n) is 3.14. The summed E-state index contributed by atoms with van der Waals surface area (Å²) in [5, 5.41) is 20.6. The van der Waals surface area contributed by atoms with E-state index in [0.717, 1.165) is 16.9 Å². The lowest BCUT2D eigenvalue weighted by Gasteiger charge is -2.35. The first-order valence-electron chi connectivity index (χ1n) is 8.41. The lowest BCUT2D eigenvalue weighted by atomic mass is 9.78. The molecule has 3 N–H and O–H groups in total. The summed E-state index contributed by atoms with van der Waals surface area (Å²) in [6.45, 7) is 4.28. The Kier molecular flexibility index (Phi) is 4.57. The van der Waals surface area contributed by atoms with Crippen LogP contribution >= 0.6 is 0 Å². The number of hydrogen-bond acceptors (Lipinski definition) is 3. The molecule has 0 spiro atoms. The molecular weight excluding hydrogens is 318 g/mol. The summed E-state index contributed by atoms with van der Waals surface area (Å²) in [7, 11) is 0. The number of carbonyl (C=O) groups is 1. The smallest absolute Gasteiger partial charge is 0.404 e. The van der Waals surface area contributed by atoms with Crippen molar-refractivity contribution in [2.24, 2.45) is 0 Å². The Hall–Kier alpha value is -2.69. The SMILES string of the molecule is CC(C)(c1ccc(O)cc1)c1ccc(OC2CC(NC(=O)O)C2)cc1. The molecule has 0 atom stereocenters. The lowest BCUT2D eigenvalue weighted by molar-refractivity contribution is 0.0833. The largest absolute Gasteiger partial charge is 0.508 e. The van der Waals surface area contributed by atoms with E-state index in [9.17, 15) is 9.90 Å². The summed E-state index contributed by atoms with van der Waals surface area (Å²) in [6, 6.07) is 15.3. The van der Waals surface area contributed by atoms with Gasteiger partial charge in [0.15, 0.2) is 0 Å². The molecule has 0 radical (unpaired) electrons. The second kappa shape index (κ2) is 6.67. The fourth-order valence-corrected chi connectivity index (χ4v) is 3.14. The van der Waals surface area contributed by atoms with Crippen LogP contribution in [0.25, 0.3) is 0 Å². The molecule has 132 valence electrons. The highest BCUT2D eigenvalue weighted by Gasteiger charge is 2.32. The number of phenols is 1. The Morgan fingerprint density at radius 1 is 1.04 bits per heavy atom. The van der Waals surface area contributed by atoms with E-state index >= 15 is 0 Å². The molecule has 0 unspecified atom stereocenters. The van der Waals surface area contributed by atoms with Gasteiger partial charge in [-0.3, -0.25) is 0 Å². The van der Waals surface area contributed by atoms with E-state index < -0.39 is 6.09 Å². The van der Waals surface area contributed by atoms with E-state index in [-0.39, 0.29) is 23.3 Å². The first-order valence-corrected chi connectivity index (χ1v) is 8.41. The second-order valence-corrected chi connectivity index (χ2v) is 7.05. The van der Waals surface area contributed by atoms with Gasteiger partial charge in [-0.05, 0) is 35.4 Å². The molecule has 0 aromatic heterocycles. The van der Waals surface area contributed by atoms with Gasteiger partial charge in [0, 0.05) is 24.3 Å². The third-order valence-corrected chi connectivity index (χ3v) is 4.89. The van der Waals surface area contributed by atoms with Gasteiger partial charge in [0.2, 0.25) is 0 Å². The van der Waals surface area contributed by atoms with E-state index in [2.05, 4.69) is 19.2 Å². The van der Waals surface area contributed by atoms with Crippen molar-refractivity contribution in [3.63, 3.8) is 0 Å². The minimum atomic E-state index is -0.982. The third kappa shape index (κ3) is 3.87. The minimum absolute atomic E-state index is 0.00444. The van der Waals surface area contributed by atoms with Crippen LogP contribution < -0.4 is 10.1 Å². The topological polar surface area (TPSA) is 78.8 Å². The zero-order valence-electron chi connectivity index (χ0n) is 14.4. The molecule has 0 heterocycles. The Morgan fingerprint density at radius 2 is 1.56 bits per heavy atom. The number of ether oxygens (including phenoxy) is 1. The van der Waals surface area contributed by atoms with Gasteiger partial charge < -0.3 is 20.3 Å². The first-order chi connectivity index (χ1) is 11.8. The zero-order valence-corrected chi connectivity index (χ0v) is 14.4. The number of rotatable bonds is 5. The number of aromatic hydroxyl groups is 1. The minimum Gasteiger partial charge on any atom is -0.508 e. The standard InChI is InChI=1S/C20H23NO4/c1-20(2,13-3-7-16(22)8-4-13)14-5-9-17(10-6-14)25-18-11-15(12-18)21-19(23)24/h3-10,15,18,21-22H,11-12H2,1-2H3,(H,23,24). The quantitative estimate of drug-likeness (QED) is 0.771. The third-order valence-electron chi connectivity index (χ3n) is 4.89. The van der Waals surface area contributed by atoms with Crippen molar-refractivity contribution in [3.8, 4) is 11.5 Å². The molecule has 2 aromatic carbocycles. The Balaban J connectivity index is 1.62. The number of phenolic OH excluding ortho intramolecular Hbond substituents is 1. The summed E-state index contributed by atoms with van der Waals surface area (Å²) in [4.78, 5) is 10.6. The highest BCUT2D eigenvalue weighted by Crippen LogP contribution is 2.34. The van der Waals surface area contributed by atoms with Gasteiger partial charge in [-0.15, -0.1) is 0 Å². The van der Waals surface area contributed by atoms with Crippen LogP contribution in [0.5, 0.6) is 11.5 Å². The highest BCUT2D eigenvalue weighted by atomic mass is 16.5. The molecule has 0 saturated heterocycles. The zero-order chi connectivity index (χ0) is 18.0. The molecule has 2 aromatic rings. The number of benzene rings is 2. The van der Waals surface area contributed by atoms with Gasteiger partial charge in [-0.1, -0.05) is 38.1 Å². The molecule has 5 heteroatoms. The molecule has 1 saturated carbocycles. The molecule has 3 rings (SSSR count). The maximum Gasteiger partial charge on any atom is 0.404 e. The molecule has 1 aliphatic carbocycles. The Bertz CT molecular complexity index is 731. The normalized spacial score (nSPS) is 19.8. The summed E-state index contributed by atoms with van der Waals surface area (Å²) in [5.41, 5.74) is 2.10. The monoisotopic (exact) mass is 341 g/mol. The second-order valence-electron chi connectivity index (χ2n) is 7.05. The molecule has 1 amide bonds. The van der Waals surface area contributed by atoms with Crippen molar-refractivity contribution in [2.75, 3.05) is 0 Å². The molecule has 0 aliphatic heterocycles. The Morgan fingerprint density at radius 3 is 2.08 bits per heavy atom. The molecule has 1 fully saturated rings. The maximum absolute atomic E-state index is 10.6. The van der Waals surface area contributed by atoms with Gasteiger partial charge >= 0.3 is 6.09 Å². The van der Waals surface area contributed by atoms with Crippen LogP contribution in [0.15, 0.2) is 48.5 Å². The average molecular weight is 341 g/mol. The van der Waals surface area contributed by atoms with Crippen LogP contribution in [-0.2, 0) is 5.41 Å². The van der Waals surface area contributed by atoms with Crippen LogP contribution in [0.3, 0.4) is 0 Å². The summed E-state index contributed by atoms with van der Waals surface area (Å²) < 4.78 is 5.89. The van der Waals surface area contributed by atoms with E-state index in [1.54, 1.807) is 12.1 Å². The van der Waals surface area contributed by atoms with Crippen molar-refractivity contribution >= 4 is 6.09 Å². The summed E-state index contributed by atoms with van der Waals surface area (Å²) in [6.07, 6.45) is 0.484. The van der Waals surface area contributed by atoms with Crippen LogP contribution in [-0.4, -0.2) is 28.5 Å². The van der Waals surface area contributed by atoms with E-state index in [4.69, 9.17) is 9.84 Å². The van der Waals surface area contributed by atoms with E-state index in [1.807, 2.05) is 36.4 Å². The molecule has 0 bridgehead atoms.